The normalized spacial score (nSPS) is 9.12. The molecular formula is C12H19ClN2O. The molecule has 0 aliphatic carbocycles. The van der Waals surface area contributed by atoms with Crippen LogP contribution in [0, 0.1) is 0 Å². The fraction of sp³-hybridized carbons (Fsp3) is 0.417. The molecule has 1 rings (SSSR count). The SMILES string of the molecule is CCN(CC)C(=O)CNc1ccccc1.Cl. The van der Waals surface area contributed by atoms with Crippen LogP contribution in [0.3, 0.4) is 0 Å². The Hall–Kier alpha value is -1.22. The molecule has 1 N–H and O–H groups in total. The third kappa shape index (κ3) is 4.53. The van der Waals surface area contributed by atoms with Crippen LogP contribution in [0.1, 0.15) is 13.8 Å². The van der Waals surface area contributed by atoms with Gasteiger partial charge in [0.05, 0.1) is 6.54 Å². The Balaban J connectivity index is 0.00000225. The van der Waals surface area contributed by atoms with Gasteiger partial charge in [0.2, 0.25) is 5.91 Å². The smallest absolute Gasteiger partial charge is 0.241 e. The average molecular weight is 243 g/mol. The molecule has 1 aromatic carbocycles. The molecule has 0 heterocycles. The quantitative estimate of drug-likeness (QED) is 0.860. The first-order valence-corrected chi connectivity index (χ1v) is 5.34. The molecule has 0 aliphatic rings. The molecule has 0 spiro atoms. The summed E-state index contributed by atoms with van der Waals surface area (Å²) >= 11 is 0. The van der Waals surface area contributed by atoms with E-state index in [4.69, 9.17) is 0 Å². The number of nitrogens with zero attached hydrogens (tertiary/aromatic N) is 1. The van der Waals surface area contributed by atoms with Gasteiger partial charge >= 0.3 is 0 Å². The molecule has 0 atom stereocenters. The Morgan fingerprint density at radius 1 is 1.19 bits per heavy atom. The molecule has 0 fully saturated rings. The number of hydrogen-bond acceptors (Lipinski definition) is 2. The summed E-state index contributed by atoms with van der Waals surface area (Å²) < 4.78 is 0. The standard InChI is InChI=1S/C12H18N2O.ClH/c1-3-14(4-2)12(15)10-13-11-8-6-5-7-9-11;/h5-9,13H,3-4,10H2,1-2H3;1H. The highest BCUT2D eigenvalue weighted by Crippen LogP contribution is 2.04. The first-order chi connectivity index (χ1) is 7.27. The Kier molecular flexibility index (Phi) is 7.38. The molecule has 90 valence electrons. The number of likely N-dealkylation sites (N-methyl/N-ethyl adjacent to an activating group) is 1. The second-order valence-electron chi connectivity index (χ2n) is 3.29. The molecule has 1 aromatic rings. The third-order valence-corrected chi connectivity index (χ3v) is 2.33. The molecule has 0 aliphatic heterocycles. The van der Waals surface area contributed by atoms with Crippen molar-refractivity contribution in [3.8, 4) is 0 Å². The molecule has 0 aromatic heterocycles. The van der Waals surface area contributed by atoms with E-state index in [0.717, 1.165) is 18.8 Å². The van der Waals surface area contributed by atoms with Crippen molar-refractivity contribution < 1.29 is 4.79 Å². The molecule has 1 amide bonds. The van der Waals surface area contributed by atoms with E-state index in [-0.39, 0.29) is 18.3 Å². The molecule has 16 heavy (non-hydrogen) atoms. The summed E-state index contributed by atoms with van der Waals surface area (Å²) in [6.45, 7) is 5.89. The maximum Gasteiger partial charge on any atom is 0.241 e. The number of carbonyl (C=O) groups excluding carboxylic acids is 1. The second kappa shape index (κ2) is 7.99. The summed E-state index contributed by atoms with van der Waals surface area (Å²) in [5.74, 6) is 0.142. The van der Waals surface area contributed by atoms with Gasteiger partial charge in [0.1, 0.15) is 0 Å². The van der Waals surface area contributed by atoms with Gasteiger partial charge in [-0.1, -0.05) is 18.2 Å². The zero-order valence-corrected chi connectivity index (χ0v) is 10.6. The van der Waals surface area contributed by atoms with Crippen molar-refractivity contribution in [3.63, 3.8) is 0 Å². The Morgan fingerprint density at radius 2 is 1.75 bits per heavy atom. The van der Waals surface area contributed by atoms with Crippen LogP contribution in [0.25, 0.3) is 0 Å². The van der Waals surface area contributed by atoms with E-state index >= 15 is 0 Å². The molecule has 0 unspecified atom stereocenters. The first-order valence-electron chi connectivity index (χ1n) is 5.34. The van der Waals surface area contributed by atoms with Crippen LogP contribution in [-0.2, 0) is 4.79 Å². The van der Waals surface area contributed by atoms with E-state index in [0.29, 0.717) is 6.54 Å². The number of anilines is 1. The zero-order chi connectivity index (χ0) is 11.1. The zero-order valence-electron chi connectivity index (χ0n) is 9.77. The molecule has 0 saturated heterocycles. The van der Waals surface area contributed by atoms with Crippen LogP contribution in [0.5, 0.6) is 0 Å². The van der Waals surface area contributed by atoms with E-state index in [9.17, 15) is 4.79 Å². The molecule has 0 bridgehead atoms. The molecule has 0 saturated carbocycles. The lowest BCUT2D eigenvalue weighted by atomic mass is 10.3. The number of para-hydroxylation sites is 1. The van der Waals surface area contributed by atoms with Crippen molar-refractivity contribution >= 4 is 24.0 Å². The highest BCUT2D eigenvalue weighted by molar-refractivity contribution is 5.85. The van der Waals surface area contributed by atoms with Crippen LogP contribution in [0.15, 0.2) is 30.3 Å². The van der Waals surface area contributed by atoms with E-state index < -0.39 is 0 Å². The van der Waals surface area contributed by atoms with E-state index in [2.05, 4.69) is 5.32 Å². The van der Waals surface area contributed by atoms with Gasteiger partial charge in [0.15, 0.2) is 0 Å². The van der Waals surface area contributed by atoms with Crippen LogP contribution < -0.4 is 5.32 Å². The predicted octanol–water partition coefficient (Wildman–Crippen LogP) is 2.39. The summed E-state index contributed by atoms with van der Waals surface area (Å²) in [6.07, 6.45) is 0. The fourth-order valence-electron chi connectivity index (χ4n) is 1.42. The van der Waals surface area contributed by atoms with Gasteiger partial charge in [-0.3, -0.25) is 4.79 Å². The summed E-state index contributed by atoms with van der Waals surface area (Å²) in [7, 11) is 0. The summed E-state index contributed by atoms with van der Waals surface area (Å²) in [4.78, 5) is 13.5. The van der Waals surface area contributed by atoms with Gasteiger partial charge in [0.25, 0.3) is 0 Å². The summed E-state index contributed by atoms with van der Waals surface area (Å²) in [6, 6.07) is 9.76. The highest BCUT2D eigenvalue weighted by Gasteiger charge is 2.07. The minimum atomic E-state index is 0. The van der Waals surface area contributed by atoms with E-state index in [1.165, 1.54) is 0 Å². The van der Waals surface area contributed by atoms with Gasteiger partial charge in [-0.2, -0.15) is 0 Å². The van der Waals surface area contributed by atoms with Crippen LogP contribution in [0.2, 0.25) is 0 Å². The Bertz CT molecular complexity index is 299. The first kappa shape index (κ1) is 14.8. The number of halogens is 1. The van der Waals surface area contributed by atoms with Gasteiger partial charge in [0, 0.05) is 18.8 Å². The maximum absolute atomic E-state index is 11.6. The number of nitrogens with one attached hydrogen (secondary N) is 1. The van der Waals surface area contributed by atoms with Crippen LogP contribution >= 0.6 is 12.4 Å². The van der Waals surface area contributed by atoms with Gasteiger partial charge in [-0.25, -0.2) is 0 Å². The lowest BCUT2D eigenvalue weighted by molar-refractivity contribution is -0.128. The highest BCUT2D eigenvalue weighted by atomic mass is 35.5. The van der Waals surface area contributed by atoms with Gasteiger partial charge in [-0.05, 0) is 26.0 Å². The Labute approximate surface area is 103 Å². The van der Waals surface area contributed by atoms with Crippen molar-refractivity contribution in [2.24, 2.45) is 0 Å². The topological polar surface area (TPSA) is 32.3 Å². The van der Waals surface area contributed by atoms with Crippen LogP contribution in [-0.4, -0.2) is 30.4 Å². The van der Waals surface area contributed by atoms with Crippen molar-refractivity contribution in [1.29, 1.82) is 0 Å². The van der Waals surface area contributed by atoms with Crippen molar-refractivity contribution in [1.82, 2.24) is 4.90 Å². The number of rotatable bonds is 5. The second-order valence-corrected chi connectivity index (χ2v) is 3.29. The van der Waals surface area contributed by atoms with Gasteiger partial charge < -0.3 is 10.2 Å². The Morgan fingerprint density at radius 3 is 2.25 bits per heavy atom. The fourth-order valence-corrected chi connectivity index (χ4v) is 1.42. The molecule has 3 nitrogen and oxygen atoms in total. The van der Waals surface area contributed by atoms with Crippen molar-refractivity contribution in [3.05, 3.63) is 30.3 Å². The maximum atomic E-state index is 11.6. The number of hydrogen-bond donors (Lipinski definition) is 1. The molecule has 0 radical (unpaired) electrons. The molecular weight excluding hydrogens is 224 g/mol. The monoisotopic (exact) mass is 242 g/mol. The minimum Gasteiger partial charge on any atom is -0.376 e. The predicted molar refractivity (Wildman–Crippen MR) is 70.1 cm³/mol. The lowest BCUT2D eigenvalue weighted by Crippen LogP contribution is -2.35. The lowest BCUT2D eigenvalue weighted by Gasteiger charge is -2.19. The largest absolute Gasteiger partial charge is 0.376 e. The molecule has 4 heteroatoms. The number of amides is 1. The summed E-state index contributed by atoms with van der Waals surface area (Å²) in [5.41, 5.74) is 0.984. The number of benzene rings is 1. The summed E-state index contributed by atoms with van der Waals surface area (Å²) in [5, 5.41) is 3.10. The van der Waals surface area contributed by atoms with Crippen molar-refractivity contribution in [2.45, 2.75) is 13.8 Å². The van der Waals surface area contributed by atoms with Crippen LogP contribution in [0.4, 0.5) is 5.69 Å². The number of carbonyl (C=O) groups is 1. The van der Waals surface area contributed by atoms with E-state index in [1.807, 2.05) is 49.1 Å². The van der Waals surface area contributed by atoms with E-state index in [1.54, 1.807) is 0 Å². The average Bonchev–Trinajstić information content (AvgIpc) is 2.29. The van der Waals surface area contributed by atoms with Crippen molar-refractivity contribution in [2.75, 3.05) is 25.0 Å². The van der Waals surface area contributed by atoms with Gasteiger partial charge in [-0.15, -0.1) is 12.4 Å². The third-order valence-electron chi connectivity index (χ3n) is 2.33. The minimum absolute atomic E-state index is 0.